The summed E-state index contributed by atoms with van der Waals surface area (Å²) in [6.45, 7) is 7.55. The second kappa shape index (κ2) is 7.63. The van der Waals surface area contributed by atoms with Crippen LogP contribution in [0.1, 0.15) is 37.7 Å². The Morgan fingerprint density at radius 1 is 1.31 bits per heavy atom. The fourth-order valence-electron chi connectivity index (χ4n) is 3.46. The molecule has 0 bridgehead atoms. The number of halogens is 1. The maximum absolute atomic E-state index is 14.6. The van der Waals surface area contributed by atoms with Crippen LogP contribution < -0.4 is 14.4 Å². The lowest BCUT2D eigenvalue weighted by Gasteiger charge is -2.50. The molecule has 29 heavy (non-hydrogen) atoms. The van der Waals surface area contributed by atoms with Crippen molar-refractivity contribution in [3.63, 3.8) is 0 Å². The first-order valence-electron chi connectivity index (χ1n) is 9.59. The Bertz CT molecular complexity index is 1060. The van der Waals surface area contributed by atoms with Gasteiger partial charge in [0.15, 0.2) is 5.76 Å². The van der Waals surface area contributed by atoms with Crippen LogP contribution in [0.3, 0.4) is 0 Å². The number of nitrogens with zero attached hydrogens (tertiary/aromatic N) is 1. The minimum atomic E-state index is -0.428. The van der Waals surface area contributed by atoms with Crippen molar-refractivity contribution in [2.24, 2.45) is 0 Å². The van der Waals surface area contributed by atoms with Crippen LogP contribution in [0.25, 0.3) is 11.0 Å². The molecule has 4 rings (SSSR count). The van der Waals surface area contributed by atoms with E-state index in [4.69, 9.17) is 9.15 Å². The predicted molar refractivity (Wildman–Crippen MR) is 113 cm³/mol. The van der Waals surface area contributed by atoms with E-state index in [9.17, 15) is 9.18 Å². The van der Waals surface area contributed by atoms with Crippen molar-refractivity contribution < 1.29 is 18.3 Å². The van der Waals surface area contributed by atoms with Crippen LogP contribution in [-0.4, -0.2) is 24.6 Å². The molecular weight excluding hydrogens is 391 g/mol. The first-order valence-corrected chi connectivity index (χ1v) is 10.4. The summed E-state index contributed by atoms with van der Waals surface area (Å²) in [5, 5.41) is 0.303. The van der Waals surface area contributed by atoms with Gasteiger partial charge in [-0.25, -0.2) is 4.39 Å². The largest absolute Gasteiger partial charge is 0.493 e. The topological polar surface area (TPSA) is 54.7 Å². The Kier molecular flexibility index (Phi) is 5.17. The van der Waals surface area contributed by atoms with Gasteiger partial charge >= 0.3 is 0 Å². The number of rotatable bonds is 6. The summed E-state index contributed by atoms with van der Waals surface area (Å²) in [7, 11) is 0. The third kappa shape index (κ3) is 3.79. The van der Waals surface area contributed by atoms with Gasteiger partial charge in [-0.15, -0.1) is 0 Å². The molecule has 7 heteroatoms. The zero-order valence-corrected chi connectivity index (χ0v) is 17.4. The van der Waals surface area contributed by atoms with Crippen LogP contribution in [0.15, 0.2) is 51.8 Å². The Labute approximate surface area is 173 Å². The second-order valence-electron chi connectivity index (χ2n) is 7.58. The molecule has 0 unspecified atom stereocenters. The highest BCUT2D eigenvalue weighted by atomic mass is 32.2. The number of furan rings is 1. The number of anilines is 1. The number of carbonyl (C=O) groups excluding carboxylic acids is 1. The van der Waals surface area contributed by atoms with Crippen molar-refractivity contribution in [1.82, 2.24) is 4.72 Å². The fourth-order valence-corrected chi connectivity index (χ4v) is 4.14. The zero-order chi connectivity index (χ0) is 20.6. The van der Waals surface area contributed by atoms with Crippen LogP contribution in [-0.2, 0) is 0 Å². The van der Waals surface area contributed by atoms with Crippen molar-refractivity contribution in [2.75, 3.05) is 18.1 Å². The number of hydrogen-bond acceptors (Lipinski definition) is 5. The van der Waals surface area contributed by atoms with Crippen LogP contribution in [0, 0.1) is 5.82 Å². The highest BCUT2D eigenvalue weighted by Gasteiger charge is 2.36. The van der Waals surface area contributed by atoms with Crippen molar-refractivity contribution >= 4 is 34.5 Å². The van der Waals surface area contributed by atoms with Gasteiger partial charge in [-0.05, 0) is 57.3 Å². The maximum Gasteiger partial charge on any atom is 0.297 e. The van der Waals surface area contributed by atoms with Gasteiger partial charge in [-0.2, -0.15) is 0 Å². The molecule has 1 N–H and O–H groups in total. The lowest BCUT2D eigenvalue weighted by atomic mass is 9.88. The molecule has 5 nitrogen and oxygen atoms in total. The first-order chi connectivity index (χ1) is 13.9. The molecule has 3 aromatic rings. The van der Waals surface area contributed by atoms with Crippen molar-refractivity contribution in [3.8, 4) is 5.75 Å². The van der Waals surface area contributed by atoms with E-state index in [1.165, 1.54) is 12.1 Å². The van der Waals surface area contributed by atoms with Gasteiger partial charge in [0, 0.05) is 29.9 Å². The quantitative estimate of drug-likeness (QED) is 0.548. The molecule has 1 saturated heterocycles. The van der Waals surface area contributed by atoms with E-state index in [0.29, 0.717) is 23.3 Å². The number of amides is 1. The number of nitrogens with one attached hydrogen (secondary N) is 1. The molecule has 1 aromatic heterocycles. The van der Waals surface area contributed by atoms with E-state index in [-0.39, 0.29) is 11.3 Å². The average Bonchev–Trinajstić information content (AvgIpc) is 3.11. The lowest BCUT2D eigenvalue weighted by molar-refractivity contribution is 0.0959. The van der Waals surface area contributed by atoms with Crippen LogP contribution >= 0.6 is 11.9 Å². The Morgan fingerprint density at radius 3 is 2.79 bits per heavy atom. The predicted octanol–water partition coefficient (Wildman–Crippen LogP) is 5.40. The number of ether oxygens (including phenoxy) is 1. The van der Waals surface area contributed by atoms with E-state index in [1.54, 1.807) is 6.07 Å². The standard InChI is InChI=1S/C22H23FN2O3S/c1-4-27-17-7-5-6-8-20(17)29-24-21(26)19-13-15-16(23)11-14(12-18(15)28-19)25-10-9-22(25,2)3/h5-8,11-13H,4,9-10H2,1-3H3,(H,24,26). The molecule has 0 atom stereocenters. The number of carbonyl (C=O) groups is 1. The van der Waals surface area contributed by atoms with Gasteiger partial charge in [-0.1, -0.05) is 12.1 Å². The van der Waals surface area contributed by atoms with Crippen molar-refractivity contribution in [2.45, 2.75) is 37.6 Å². The molecule has 1 aliphatic heterocycles. The maximum atomic E-state index is 14.6. The number of fused-ring (bicyclic) bond motifs is 1. The third-order valence-electron chi connectivity index (χ3n) is 5.19. The second-order valence-corrected chi connectivity index (χ2v) is 8.43. The molecule has 0 radical (unpaired) electrons. The van der Waals surface area contributed by atoms with E-state index < -0.39 is 11.7 Å². The lowest BCUT2D eigenvalue weighted by Crippen LogP contribution is -2.56. The third-order valence-corrected chi connectivity index (χ3v) is 6.03. The van der Waals surface area contributed by atoms with Gasteiger partial charge in [0.2, 0.25) is 0 Å². The molecular formula is C22H23FN2O3S. The van der Waals surface area contributed by atoms with E-state index in [1.807, 2.05) is 31.2 Å². The molecule has 0 saturated carbocycles. The van der Waals surface area contributed by atoms with Gasteiger partial charge < -0.3 is 14.1 Å². The van der Waals surface area contributed by atoms with E-state index in [2.05, 4.69) is 23.5 Å². The monoisotopic (exact) mass is 414 g/mol. The van der Waals surface area contributed by atoms with Gasteiger partial charge in [0.25, 0.3) is 5.91 Å². The Hall–Kier alpha value is -2.67. The first kappa shape index (κ1) is 19.6. The summed E-state index contributed by atoms with van der Waals surface area (Å²) in [6, 6.07) is 12.2. The van der Waals surface area contributed by atoms with Gasteiger partial charge in [0.05, 0.1) is 16.9 Å². The van der Waals surface area contributed by atoms with Crippen LogP contribution in [0.4, 0.5) is 10.1 Å². The molecule has 1 aliphatic rings. The molecule has 0 spiro atoms. The molecule has 0 aliphatic carbocycles. The smallest absolute Gasteiger partial charge is 0.297 e. The van der Waals surface area contributed by atoms with Crippen LogP contribution in [0.5, 0.6) is 5.75 Å². The SMILES string of the molecule is CCOc1ccccc1SNC(=O)c1cc2c(F)cc(N3CCC3(C)C)cc2o1. The van der Waals surface area contributed by atoms with Gasteiger partial charge in [-0.3, -0.25) is 9.52 Å². The van der Waals surface area contributed by atoms with Crippen LogP contribution in [0.2, 0.25) is 0 Å². The fraction of sp³-hybridized carbons (Fsp3) is 0.318. The van der Waals surface area contributed by atoms with Gasteiger partial charge in [0.1, 0.15) is 17.1 Å². The summed E-state index contributed by atoms with van der Waals surface area (Å²) in [5.74, 6) is -0.0573. The molecule has 2 heterocycles. The normalized spacial score (nSPS) is 15.2. The number of hydrogen-bond donors (Lipinski definition) is 1. The summed E-state index contributed by atoms with van der Waals surface area (Å²) >= 11 is 1.14. The van der Waals surface area contributed by atoms with E-state index >= 15 is 0 Å². The summed E-state index contributed by atoms with van der Waals surface area (Å²) in [4.78, 5) is 15.5. The number of para-hydroxylation sites is 1. The molecule has 1 fully saturated rings. The molecule has 2 aromatic carbocycles. The highest BCUT2D eigenvalue weighted by Crippen LogP contribution is 2.38. The summed E-state index contributed by atoms with van der Waals surface area (Å²) in [6.07, 6.45) is 1.05. The minimum absolute atomic E-state index is 0.00247. The Morgan fingerprint density at radius 2 is 2.10 bits per heavy atom. The molecule has 1 amide bonds. The summed E-state index contributed by atoms with van der Waals surface area (Å²) < 4.78 is 28.6. The van der Waals surface area contributed by atoms with E-state index in [0.717, 1.165) is 35.5 Å². The number of benzene rings is 2. The van der Waals surface area contributed by atoms with Crippen molar-refractivity contribution in [3.05, 3.63) is 54.0 Å². The van der Waals surface area contributed by atoms with Crippen molar-refractivity contribution in [1.29, 1.82) is 0 Å². The highest BCUT2D eigenvalue weighted by molar-refractivity contribution is 7.98. The minimum Gasteiger partial charge on any atom is -0.493 e. The average molecular weight is 415 g/mol. The zero-order valence-electron chi connectivity index (χ0n) is 16.6. The molecule has 152 valence electrons. The Balaban J connectivity index is 1.53. The summed E-state index contributed by atoms with van der Waals surface area (Å²) in [5.41, 5.74) is 1.14.